The van der Waals surface area contributed by atoms with Gasteiger partial charge in [-0.25, -0.2) is 0 Å². The van der Waals surface area contributed by atoms with Gasteiger partial charge in [0.2, 0.25) is 0 Å². The van der Waals surface area contributed by atoms with Crippen LogP contribution in [0.2, 0.25) is 14.8 Å². The predicted molar refractivity (Wildman–Crippen MR) is 62.5 cm³/mol. The molecule has 0 amide bonds. The molecule has 3 heteroatoms. The Kier molecular flexibility index (Phi) is 3.70. The van der Waals surface area contributed by atoms with Crippen LogP contribution < -0.4 is 13.1 Å². The number of ether oxygens (including phenoxy) is 2. The van der Waals surface area contributed by atoms with Gasteiger partial charge in [-0.2, -0.15) is 0 Å². The Balaban J connectivity index is 3.22. The van der Waals surface area contributed by atoms with Crippen molar-refractivity contribution in [2.75, 3.05) is 14.2 Å². The van der Waals surface area contributed by atoms with Crippen molar-refractivity contribution < 1.29 is 9.47 Å². The van der Waals surface area contributed by atoms with Gasteiger partial charge in [0.25, 0.3) is 0 Å². The second kappa shape index (κ2) is 4.43. The van der Waals surface area contributed by atoms with E-state index in [0.29, 0.717) is 0 Å². The van der Waals surface area contributed by atoms with Crippen LogP contribution in [0.25, 0.3) is 0 Å². The van der Waals surface area contributed by atoms with Gasteiger partial charge in [0.15, 0.2) is 0 Å². The molecule has 0 saturated carbocycles. The second-order valence-corrected chi connectivity index (χ2v) is 18.7. The van der Waals surface area contributed by atoms with Gasteiger partial charge in [0, 0.05) is 0 Å². The number of hydrogen-bond acceptors (Lipinski definition) is 2. The van der Waals surface area contributed by atoms with Crippen LogP contribution >= 0.6 is 0 Å². The van der Waals surface area contributed by atoms with Gasteiger partial charge in [-0.15, -0.1) is 0 Å². The van der Waals surface area contributed by atoms with Crippen molar-refractivity contribution in [3.8, 4) is 11.5 Å². The molecule has 0 fully saturated rings. The molecular formula is C11H18O2Sn. The molecule has 0 aromatic heterocycles. The summed E-state index contributed by atoms with van der Waals surface area (Å²) in [7, 11) is 3.42. The van der Waals surface area contributed by atoms with Crippen molar-refractivity contribution in [2.45, 2.75) is 14.8 Å². The zero-order valence-corrected chi connectivity index (χ0v) is 12.4. The Morgan fingerprint density at radius 2 is 1.64 bits per heavy atom. The van der Waals surface area contributed by atoms with Crippen molar-refractivity contribution in [1.29, 1.82) is 0 Å². The minimum absolute atomic E-state index is 0.924. The predicted octanol–water partition coefficient (Wildman–Crippen LogP) is 2.25. The third-order valence-corrected chi connectivity index (χ3v) is 7.94. The molecule has 0 bridgehead atoms. The van der Waals surface area contributed by atoms with Gasteiger partial charge < -0.3 is 0 Å². The Hall–Kier alpha value is -0.381. The van der Waals surface area contributed by atoms with Gasteiger partial charge in [-0.3, -0.25) is 0 Å². The van der Waals surface area contributed by atoms with E-state index in [0.717, 1.165) is 11.5 Å². The normalized spacial score (nSPS) is 11.2. The molecule has 1 rings (SSSR count). The molecule has 0 spiro atoms. The van der Waals surface area contributed by atoms with Crippen LogP contribution in [0.4, 0.5) is 0 Å². The molecule has 0 aliphatic rings. The third-order valence-electron chi connectivity index (χ3n) is 2.21. The van der Waals surface area contributed by atoms with Crippen LogP contribution in [0.15, 0.2) is 18.2 Å². The fourth-order valence-electron chi connectivity index (χ4n) is 1.40. The molecule has 0 N–H and O–H groups in total. The van der Waals surface area contributed by atoms with Crippen molar-refractivity contribution in [3.05, 3.63) is 18.2 Å². The van der Waals surface area contributed by atoms with Gasteiger partial charge in [-0.05, 0) is 0 Å². The number of benzene rings is 1. The second-order valence-electron chi connectivity index (χ2n) is 4.32. The molecule has 0 aliphatic carbocycles. The summed E-state index contributed by atoms with van der Waals surface area (Å²) < 4.78 is 12.0. The summed E-state index contributed by atoms with van der Waals surface area (Å²) in [6, 6.07) is 6.06. The fourth-order valence-corrected chi connectivity index (χ4v) is 5.68. The minimum atomic E-state index is -2.08. The molecule has 0 unspecified atom stereocenters. The molecule has 0 radical (unpaired) electrons. The van der Waals surface area contributed by atoms with Crippen molar-refractivity contribution in [1.82, 2.24) is 0 Å². The summed E-state index contributed by atoms with van der Waals surface area (Å²) >= 11 is -2.08. The summed E-state index contributed by atoms with van der Waals surface area (Å²) in [6.45, 7) is 0. The molecule has 0 heterocycles. The summed E-state index contributed by atoms with van der Waals surface area (Å²) in [5, 5.41) is 0. The van der Waals surface area contributed by atoms with Crippen LogP contribution in [-0.2, 0) is 0 Å². The van der Waals surface area contributed by atoms with E-state index >= 15 is 0 Å². The van der Waals surface area contributed by atoms with Crippen LogP contribution in [0.3, 0.4) is 0 Å². The maximum absolute atomic E-state index is 5.37. The van der Waals surface area contributed by atoms with Crippen LogP contribution in [0.5, 0.6) is 11.5 Å². The van der Waals surface area contributed by atoms with Crippen molar-refractivity contribution in [3.63, 3.8) is 0 Å². The van der Waals surface area contributed by atoms with E-state index in [9.17, 15) is 0 Å². The van der Waals surface area contributed by atoms with E-state index in [-0.39, 0.29) is 0 Å². The van der Waals surface area contributed by atoms with E-state index < -0.39 is 18.4 Å². The molecule has 0 atom stereocenters. The molecule has 0 saturated heterocycles. The summed E-state index contributed by atoms with van der Waals surface area (Å²) in [4.78, 5) is 7.10. The average Bonchev–Trinajstić information content (AvgIpc) is 2.15. The topological polar surface area (TPSA) is 18.5 Å². The average molecular weight is 301 g/mol. The van der Waals surface area contributed by atoms with E-state index in [1.54, 1.807) is 14.2 Å². The molecule has 1 aromatic rings. The first-order chi connectivity index (χ1) is 6.49. The zero-order valence-electron chi connectivity index (χ0n) is 9.55. The first-order valence-corrected chi connectivity index (χ1v) is 14.7. The van der Waals surface area contributed by atoms with Crippen LogP contribution in [0, 0.1) is 0 Å². The van der Waals surface area contributed by atoms with Crippen molar-refractivity contribution in [2.24, 2.45) is 0 Å². The number of rotatable bonds is 3. The maximum atomic E-state index is 5.37. The SMILES string of the molecule is COc1ccc(OC)[c]([Sn]([CH3])([CH3])[CH3])c1. The molecule has 1 aromatic carbocycles. The van der Waals surface area contributed by atoms with Crippen LogP contribution in [-0.4, -0.2) is 32.6 Å². The first-order valence-electron chi connectivity index (χ1n) is 4.71. The molecule has 2 nitrogen and oxygen atoms in total. The summed E-state index contributed by atoms with van der Waals surface area (Å²) in [5.74, 6) is 1.93. The van der Waals surface area contributed by atoms with Gasteiger partial charge in [0.1, 0.15) is 0 Å². The van der Waals surface area contributed by atoms with E-state index in [2.05, 4.69) is 20.9 Å². The van der Waals surface area contributed by atoms with E-state index in [4.69, 9.17) is 9.47 Å². The van der Waals surface area contributed by atoms with Gasteiger partial charge in [0.05, 0.1) is 0 Å². The molecule has 14 heavy (non-hydrogen) atoms. The van der Waals surface area contributed by atoms with E-state index in [1.807, 2.05) is 12.1 Å². The molecule has 0 aliphatic heterocycles. The Morgan fingerprint density at radius 3 is 2.07 bits per heavy atom. The monoisotopic (exact) mass is 302 g/mol. The summed E-state index contributed by atoms with van der Waals surface area (Å²) in [5.41, 5.74) is 0. The fraction of sp³-hybridized carbons (Fsp3) is 0.455. The molecule has 78 valence electrons. The van der Waals surface area contributed by atoms with Gasteiger partial charge >= 0.3 is 90.2 Å². The van der Waals surface area contributed by atoms with Crippen molar-refractivity contribution >= 4 is 22.0 Å². The zero-order chi connectivity index (χ0) is 10.8. The van der Waals surface area contributed by atoms with E-state index in [1.165, 1.54) is 3.58 Å². The Labute approximate surface area is 90.1 Å². The Morgan fingerprint density at radius 1 is 1.00 bits per heavy atom. The Bertz CT molecular complexity index is 316. The van der Waals surface area contributed by atoms with Crippen LogP contribution in [0.1, 0.15) is 0 Å². The number of hydrogen-bond donors (Lipinski definition) is 0. The summed E-state index contributed by atoms with van der Waals surface area (Å²) in [6.07, 6.45) is 0. The number of methoxy groups -OCH3 is 2. The standard InChI is InChI=1S/C8H9O2.3CH3.Sn/c1-9-7-3-5-8(10-2)6-4-7;;;;/h3-5H,1-2H3;3*1H3;. The quantitative estimate of drug-likeness (QED) is 0.797. The first kappa shape index (κ1) is 11.7. The third kappa shape index (κ3) is 2.56. The van der Waals surface area contributed by atoms with Gasteiger partial charge in [-0.1, -0.05) is 0 Å². The molecular weight excluding hydrogens is 283 g/mol.